The van der Waals surface area contributed by atoms with Crippen molar-refractivity contribution in [1.29, 1.82) is 0 Å². The van der Waals surface area contributed by atoms with Gasteiger partial charge in [-0.3, -0.25) is 0 Å². The summed E-state index contributed by atoms with van der Waals surface area (Å²) in [7, 11) is -0.693. The molecule has 0 bridgehead atoms. The Balaban J connectivity index is 2.11. The fraction of sp³-hybridized carbons (Fsp3) is 0.111. The monoisotopic (exact) mass is 292 g/mol. The van der Waals surface area contributed by atoms with Crippen molar-refractivity contribution < 1.29 is 0 Å². The SMILES string of the molecule is Cc1ccc(P(c2ccc(C)cc2)c2ncccn2)cc1. The third-order valence-corrected chi connectivity index (χ3v) is 5.60. The zero-order valence-electron chi connectivity index (χ0n) is 12.2. The van der Waals surface area contributed by atoms with E-state index in [4.69, 9.17) is 0 Å². The van der Waals surface area contributed by atoms with E-state index in [0.717, 1.165) is 5.57 Å². The Hall–Kier alpha value is -2.05. The van der Waals surface area contributed by atoms with Crippen molar-refractivity contribution in [2.24, 2.45) is 0 Å². The van der Waals surface area contributed by atoms with Gasteiger partial charge >= 0.3 is 0 Å². The van der Waals surface area contributed by atoms with E-state index in [2.05, 4.69) is 72.3 Å². The van der Waals surface area contributed by atoms with Crippen LogP contribution in [0.5, 0.6) is 0 Å². The van der Waals surface area contributed by atoms with Crippen LogP contribution < -0.4 is 16.2 Å². The molecule has 0 saturated heterocycles. The number of hydrogen-bond acceptors (Lipinski definition) is 2. The lowest BCUT2D eigenvalue weighted by Crippen LogP contribution is -2.24. The van der Waals surface area contributed by atoms with Gasteiger partial charge in [-0.15, -0.1) is 0 Å². The van der Waals surface area contributed by atoms with Crippen LogP contribution in [-0.2, 0) is 0 Å². The highest BCUT2D eigenvalue weighted by Gasteiger charge is 2.18. The average Bonchev–Trinajstić information content (AvgIpc) is 2.52. The molecule has 1 aromatic heterocycles. The second kappa shape index (κ2) is 6.15. The molecule has 3 heteroatoms. The summed E-state index contributed by atoms with van der Waals surface area (Å²) in [6.45, 7) is 4.22. The molecule has 0 fully saturated rings. The van der Waals surface area contributed by atoms with E-state index in [1.54, 1.807) is 0 Å². The summed E-state index contributed by atoms with van der Waals surface area (Å²) < 4.78 is 0. The second-order valence-electron chi connectivity index (χ2n) is 5.06. The van der Waals surface area contributed by atoms with Crippen molar-refractivity contribution in [3.05, 3.63) is 78.1 Å². The Morgan fingerprint density at radius 1 is 0.667 bits per heavy atom. The van der Waals surface area contributed by atoms with Gasteiger partial charge in [0.2, 0.25) is 0 Å². The minimum atomic E-state index is -0.693. The first-order chi connectivity index (χ1) is 10.2. The first-order valence-electron chi connectivity index (χ1n) is 6.94. The predicted molar refractivity (Wildman–Crippen MR) is 90.2 cm³/mol. The quantitative estimate of drug-likeness (QED) is 0.694. The lowest BCUT2D eigenvalue weighted by atomic mass is 10.2. The first kappa shape index (κ1) is 13.9. The van der Waals surface area contributed by atoms with Crippen LogP contribution in [0.15, 0.2) is 67.0 Å². The highest BCUT2D eigenvalue weighted by Crippen LogP contribution is 2.30. The molecule has 2 nitrogen and oxygen atoms in total. The predicted octanol–water partition coefficient (Wildman–Crippen LogP) is 2.85. The van der Waals surface area contributed by atoms with Gasteiger partial charge in [-0.25, -0.2) is 9.97 Å². The van der Waals surface area contributed by atoms with Crippen LogP contribution in [0.3, 0.4) is 0 Å². The van der Waals surface area contributed by atoms with Gasteiger partial charge in [0, 0.05) is 20.3 Å². The van der Waals surface area contributed by atoms with E-state index in [9.17, 15) is 0 Å². The highest BCUT2D eigenvalue weighted by atomic mass is 31.1. The van der Waals surface area contributed by atoms with Crippen molar-refractivity contribution in [3.8, 4) is 0 Å². The minimum absolute atomic E-state index is 0.693. The van der Waals surface area contributed by atoms with Crippen LogP contribution >= 0.6 is 7.92 Å². The molecule has 0 spiro atoms. The second-order valence-corrected chi connectivity index (χ2v) is 7.16. The fourth-order valence-electron chi connectivity index (χ4n) is 2.17. The molecule has 2 aromatic carbocycles. The lowest BCUT2D eigenvalue weighted by molar-refractivity contribution is 1.24. The van der Waals surface area contributed by atoms with E-state index in [1.807, 2.05) is 18.5 Å². The Morgan fingerprint density at radius 3 is 1.52 bits per heavy atom. The normalized spacial score (nSPS) is 10.8. The van der Waals surface area contributed by atoms with Gasteiger partial charge in [-0.05, 0) is 30.5 Å². The number of aryl methyl sites for hydroxylation is 2. The standard InChI is InChI=1S/C18H17N2P/c1-14-4-8-16(9-5-14)21(18-19-12-3-13-20-18)17-10-6-15(2)7-11-17/h3-13H,1-2H3. The molecule has 0 aliphatic rings. The smallest absolute Gasteiger partial charge is 0.159 e. The molecule has 0 saturated carbocycles. The summed E-state index contributed by atoms with van der Waals surface area (Å²) in [6, 6.07) is 19.2. The third-order valence-electron chi connectivity index (χ3n) is 3.34. The maximum Gasteiger partial charge on any atom is 0.159 e. The fourth-order valence-corrected chi connectivity index (χ4v) is 4.19. The van der Waals surface area contributed by atoms with E-state index in [1.165, 1.54) is 21.7 Å². The molecule has 0 N–H and O–H groups in total. The molecule has 0 amide bonds. The van der Waals surface area contributed by atoms with E-state index < -0.39 is 7.92 Å². The molecular weight excluding hydrogens is 275 g/mol. The zero-order valence-corrected chi connectivity index (χ0v) is 13.1. The summed E-state index contributed by atoms with van der Waals surface area (Å²) in [6.07, 6.45) is 3.64. The zero-order chi connectivity index (χ0) is 14.7. The lowest BCUT2D eigenvalue weighted by Gasteiger charge is -2.17. The summed E-state index contributed by atoms with van der Waals surface area (Å²) in [5.74, 6) is 0. The maximum atomic E-state index is 4.49. The van der Waals surface area contributed by atoms with Crippen LogP contribution in [0, 0.1) is 13.8 Å². The van der Waals surface area contributed by atoms with Crippen LogP contribution in [-0.4, -0.2) is 9.97 Å². The van der Waals surface area contributed by atoms with Gasteiger partial charge in [0.25, 0.3) is 0 Å². The van der Waals surface area contributed by atoms with Crippen molar-refractivity contribution in [2.45, 2.75) is 13.8 Å². The van der Waals surface area contributed by atoms with Crippen molar-refractivity contribution in [1.82, 2.24) is 9.97 Å². The first-order valence-corrected chi connectivity index (χ1v) is 8.29. The summed E-state index contributed by atoms with van der Waals surface area (Å²) >= 11 is 0. The number of rotatable bonds is 3. The van der Waals surface area contributed by atoms with E-state index in [-0.39, 0.29) is 0 Å². The molecular formula is C18H17N2P. The van der Waals surface area contributed by atoms with E-state index >= 15 is 0 Å². The maximum absolute atomic E-state index is 4.49. The minimum Gasteiger partial charge on any atom is -0.236 e. The van der Waals surface area contributed by atoms with Gasteiger partial charge in [0.15, 0.2) is 5.57 Å². The Bertz CT molecular complexity index is 661. The van der Waals surface area contributed by atoms with Gasteiger partial charge < -0.3 is 0 Å². The van der Waals surface area contributed by atoms with E-state index in [0.29, 0.717) is 0 Å². The Kier molecular flexibility index (Phi) is 4.08. The molecule has 21 heavy (non-hydrogen) atoms. The summed E-state index contributed by atoms with van der Waals surface area (Å²) in [4.78, 5) is 8.99. The summed E-state index contributed by atoms with van der Waals surface area (Å²) in [5.41, 5.74) is 3.44. The molecule has 0 aliphatic carbocycles. The van der Waals surface area contributed by atoms with Crippen LogP contribution in [0.4, 0.5) is 0 Å². The van der Waals surface area contributed by atoms with Gasteiger partial charge in [0.1, 0.15) is 0 Å². The van der Waals surface area contributed by atoms with Crippen LogP contribution in [0.2, 0.25) is 0 Å². The van der Waals surface area contributed by atoms with Crippen LogP contribution in [0.1, 0.15) is 11.1 Å². The molecule has 0 aliphatic heterocycles. The van der Waals surface area contributed by atoms with Gasteiger partial charge in [0.05, 0.1) is 0 Å². The van der Waals surface area contributed by atoms with Gasteiger partial charge in [-0.2, -0.15) is 0 Å². The van der Waals surface area contributed by atoms with Crippen molar-refractivity contribution in [2.75, 3.05) is 0 Å². The number of hydrogen-bond donors (Lipinski definition) is 0. The van der Waals surface area contributed by atoms with Crippen molar-refractivity contribution >= 4 is 24.1 Å². The highest BCUT2D eigenvalue weighted by molar-refractivity contribution is 7.79. The topological polar surface area (TPSA) is 25.8 Å². The largest absolute Gasteiger partial charge is 0.236 e. The summed E-state index contributed by atoms with van der Waals surface area (Å²) in [5, 5.41) is 2.57. The molecule has 3 rings (SSSR count). The number of benzene rings is 2. The van der Waals surface area contributed by atoms with Crippen molar-refractivity contribution in [3.63, 3.8) is 0 Å². The molecule has 0 radical (unpaired) electrons. The number of aromatic nitrogens is 2. The van der Waals surface area contributed by atoms with Crippen LogP contribution in [0.25, 0.3) is 0 Å². The molecule has 1 heterocycles. The molecule has 0 unspecified atom stereocenters. The Labute approximate surface area is 126 Å². The van der Waals surface area contributed by atoms with Gasteiger partial charge in [-0.1, -0.05) is 59.7 Å². The Morgan fingerprint density at radius 2 is 1.10 bits per heavy atom. The average molecular weight is 292 g/mol. The molecule has 104 valence electrons. The number of nitrogens with zero attached hydrogens (tertiary/aromatic N) is 2. The molecule has 3 aromatic rings. The molecule has 0 atom stereocenters. The third kappa shape index (κ3) is 3.17.